The first-order valence-corrected chi connectivity index (χ1v) is 8.69. The molecular weight excluding hydrogens is 450 g/mol. The summed E-state index contributed by atoms with van der Waals surface area (Å²) < 4.78 is 46.2. The highest BCUT2D eigenvalue weighted by Crippen LogP contribution is 2.41. The molecule has 0 spiro atoms. The number of carbonyl (C=O) groups is 1. The van der Waals surface area contributed by atoms with Crippen LogP contribution in [0.25, 0.3) is 4.85 Å². The average Bonchev–Trinajstić information content (AvgIpc) is 2.68. The van der Waals surface area contributed by atoms with Gasteiger partial charge in [0.05, 0.1) is 24.5 Å². The molecule has 2 aromatic rings. The molecule has 1 atom stereocenters. The smallest absolute Gasteiger partial charge is 0.437 e. The van der Waals surface area contributed by atoms with E-state index in [1.165, 1.54) is 12.1 Å². The summed E-state index contributed by atoms with van der Waals surface area (Å²) in [6, 6.07) is 1.49. The number of amides is 1. The van der Waals surface area contributed by atoms with Gasteiger partial charge in [0.1, 0.15) is 11.8 Å². The van der Waals surface area contributed by atoms with Crippen molar-refractivity contribution in [2.75, 3.05) is 0 Å². The number of rotatable bonds is 4. The van der Waals surface area contributed by atoms with Crippen molar-refractivity contribution < 1.29 is 22.7 Å². The zero-order valence-electron chi connectivity index (χ0n) is 14.5. The van der Waals surface area contributed by atoms with Gasteiger partial charge in [0.15, 0.2) is 5.69 Å². The topological polar surface area (TPSA) is 90.3 Å². The molecule has 0 aliphatic carbocycles. The molecule has 1 aliphatic rings. The fourth-order valence-corrected chi connectivity index (χ4v) is 2.80. The van der Waals surface area contributed by atoms with Crippen LogP contribution in [0.5, 0.6) is 11.5 Å². The molecule has 8 nitrogen and oxygen atoms in total. The first-order valence-electron chi connectivity index (χ1n) is 7.94. The average molecular weight is 458 g/mol. The van der Waals surface area contributed by atoms with Crippen molar-refractivity contribution >= 4 is 34.8 Å². The Labute approximate surface area is 176 Å². The fourth-order valence-electron chi connectivity index (χ4n) is 2.41. The molecule has 1 amide bonds. The predicted octanol–water partition coefficient (Wildman–Crippen LogP) is 4.83. The monoisotopic (exact) mass is 457 g/mol. The zero-order valence-corrected chi connectivity index (χ0v) is 16.0. The molecule has 0 saturated carbocycles. The first-order chi connectivity index (χ1) is 14.1. The molecule has 1 aliphatic heterocycles. The second-order valence-corrected chi connectivity index (χ2v) is 6.62. The highest BCUT2D eigenvalue weighted by atomic mass is 35.5. The fraction of sp³-hybridized carbons (Fsp3) is 0.176. The van der Waals surface area contributed by atoms with E-state index in [1.54, 1.807) is 0 Å². The maximum atomic E-state index is 13.4. The Morgan fingerprint density at radius 2 is 2.00 bits per heavy atom. The number of nitrogens with zero attached hydrogens (tertiary/aromatic N) is 5. The van der Waals surface area contributed by atoms with Gasteiger partial charge in [-0.1, -0.05) is 29.3 Å². The largest absolute Gasteiger partial charge is 0.449 e. The highest BCUT2D eigenvalue weighted by molar-refractivity contribution is 6.36. The van der Waals surface area contributed by atoms with Crippen LogP contribution in [0.15, 0.2) is 45.6 Å². The Morgan fingerprint density at radius 3 is 2.60 bits per heavy atom. The van der Waals surface area contributed by atoms with Crippen LogP contribution in [-0.2, 0) is 17.5 Å². The lowest BCUT2D eigenvalue weighted by molar-refractivity contribution is -0.142. The minimum Gasteiger partial charge on any atom is -0.449 e. The molecule has 0 N–H and O–H groups in total. The molecular formula is C17H8Cl2F3N5O3. The maximum absolute atomic E-state index is 13.4. The van der Waals surface area contributed by atoms with Gasteiger partial charge in [0.25, 0.3) is 11.5 Å². The number of carbonyl (C=O) groups excluding carboxylic acids is 1. The predicted molar refractivity (Wildman–Crippen MR) is 99.1 cm³/mol. The standard InChI is InChI=1S/C17H8Cl2F3N5O3/c1-23-10-4-8(18)5-11(13(10)19)30-14-15(17(20,21)22)24-7-27(16(14)29)6-9-2-3-12(28)26-25-9/h2-5,7,9H,6H2. The summed E-state index contributed by atoms with van der Waals surface area (Å²) in [5.41, 5.74) is -2.94. The summed E-state index contributed by atoms with van der Waals surface area (Å²) in [4.78, 5) is 30.2. The van der Waals surface area contributed by atoms with Gasteiger partial charge in [0.2, 0.25) is 11.4 Å². The van der Waals surface area contributed by atoms with Crippen molar-refractivity contribution in [2.24, 2.45) is 10.2 Å². The molecule has 1 aromatic carbocycles. The number of halogens is 5. The summed E-state index contributed by atoms with van der Waals surface area (Å²) in [7, 11) is 0. The molecule has 1 aromatic heterocycles. The van der Waals surface area contributed by atoms with Crippen LogP contribution in [0.4, 0.5) is 18.9 Å². The molecule has 0 saturated heterocycles. The van der Waals surface area contributed by atoms with Crippen LogP contribution >= 0.6 is 23.2 Å². The lowest BCUT2D eigenvalue weighted by atomic mass is 10.2. The third-order valence-electron chi connectivity index (χ3n) is 3.73. The molecule has 154 valence electrons. The van der Waals surface area contributed by atoms with Crippen LogP contribution < -0.4 is 10.3 Å². The normalized spacial score (nSPS) is 15.9. The lowest BCUT2D eigenvalue weighted by Crippen LogP contribution is -2.29. The number of hydrogen-bond acceptors (Lipinski definition) is 5. The van der Waals surface area contributed by atoms with Crippen molar-refractivity contribution in [1.82, 2.24) is 9.55 Å². The molecule has 3 rings (SSSR count). The van der Waals surface area contributed by atoms with Gasteiger partial charge in [-0.25, -0.2) is 9.83 Å². The van der Waals surface area contributed by atoms with Gasteiger partial charge < -0.3 is 4.74 Å². The second-order valence-electron chi connectivity index (χ2n) is 5.81. The van der Waals surface area contributed by atoms with Crippen LogP contribution in [0, 0.1) is 6.57 Å². The minimum atomic E-state index is -5.02. The van der Waals surface area contributed by atoms with Crippen molar-refractivity contribution in [3.8, 4) is 11.5 Å². The van der Waals surface area contributed by atoms with E-state index in [-0.39, 0.29) is 22.3 Å². The van der Waals surface area contributed by atoms with E-state index in [0.29, 0.717) is 6.33 Å². The number of hydrogen-bond donors (Lipinski definition) is 0. The van der Waals surface area contributed by atoms with E-state index in [0.717, 1.165) is 16.7 Å². The van der Waals surface area contributed by atoms with E-state index in [9.17, 15) is 22.8 Å². The van der Waals surface area contributed by atoms with E-state index < -0.39 is 40.9 Å². The molecule has 30 heavy (non-hydrogen) atoms. The van der Waals surface area contributed by atoms with Crippen molar-refractivity contribution in [3.63, 3.8) is 0 Å². The highest BCUT2D eigenvalue weighted by Gasteiger charge is 2.39. The molecule has 0 radical (unpaired) electrons. The molecule has 0 fully saturated rings. The summed E-state index contributed by atoms with van der Waals surface area (Å²) in [6.45, 7) is 6.81. The maximum Gasteiger partial charge on any atom is 0.437 e. The first kappa shape index (κ1) is 21.5. The Morgan fingerprint density at radius 1 is 1.27 bits per heavy atom. The van der Waals surface area contributed by atoms with Crippen molar-refractivity contribution in [3.05, 3.63) is 68.1 Å². The van der Waals surface area contributed by atoms with E-state index in [1.807, 2.05) is 0 Å². The third kappa shape index (κ3) is 4.50. The van der Waals surface area contributed by atoms with Gasteiger partial charge >= 0.3 is 6.18 Å². The van der Waals surface area contributed by atoms with Crippen molar-refractivity contribution in [1.29, 1.82) is 0 Å². The summed E-state index contributed by atoms with van der Waals surface area (Å²) in [5, 5.41) is 6.61. The molecule has 2 heterocycles. The summed E-state index contributed by atoms with van der Waals surface area (Å²) >= 11 is 11.8. The Kier molecular flexibility index (Phi) is 5.91. The Balaban J connectivity index is 2.08. The summed E-state index contributed by atoms with van der Waals surface area (Å²) in [6.07, 6.45) is -1.87. The van der Waals surface area contributed by atoms with Gasteiger partial charge in [-0.2, -0.15) is 18.3 Å². The van der Waals surface area contributed by atoms with Gasteiger partial charge in [0, 0.05) is 11.1 Å². The van der Waals surface area contributed by atoms with Gasteiger partial charge in [-0.05, 0) is 12.1 Å². The van der Waals surface area contributed by atoms with Crippen LogP contribution in [0.2, 0.25) is 10.0 Å². The number of aromatic nitrogens is 2. The van der Waals surface area contributed by atoms with Crippen LogP contribution in [-0.4, -0.2) is 21.5 Å². The number of azo groups is 1. The molecule has 1 unspecified atom stereocenters. The van der Waals surface area contributed by atoms with Gasteiger partial charge in [-0.3, -0.25) is 14.2 Å². The Bertz CT molecular complexity index is 1170. The van der Waals surface area contributed by atoms with Crippen LogP contribution in [0.3, 0.4) is 0 Å². The number of ether oxygens (including phenoxy) is 1. The summed E-state index contributed by atoms with van der Waals surface area (Å²) in [5.74, 6) is -2.17. The molecule has 0 bridgehead atoms. The van der Waals surface area contributed by atoms with E-state index >= 15 is 0 Å². The van der Waals surface area contributed by atoms with Gasteiger partial charge in [-0.15, -0.1) is 5.11 Å². The Hall–Kier alpha value is -3.23. The third-order valence-corrected chi connectivity index (χ3v) is 4.33. The minimum absolute atomic E-state index is 0.0319. The quantitative estimate of drug-likeness (QED) is 0.614. The number of alkyl halides is 3. The van der Waals surface area contributed by atoms with Crippen LogP contribution in [0.1, 0.15) is 5.69 Å². The molecule has 13 heteroatoms. The zero-order chi connectivity index (χ0) is 22.1. The lowest BCUT2D eigenvalue weighted by Gasteiger charge is -2.17. The SMILES string of the molecule is [C-]#[N+]c1cc(Cl)cc(Oc2c(C(F)(F)F)ncn(CC3C=CC(=O)N=N3)c2=O)c1Cl. The van der Waals surface area contributed by atoms with E-state index in [4.69, 9.17) is 34.5 Å². The second kappa shape index (κ2) is 8.25. The number of benzene rings is 1. The van der Waals surface area contributed by atoms with E-state index in [2.05, 4.69) is 20.1 Å². The van der Waals surface area contributed by atoms with Crippen molar-refractivity contribution in [2.45, 2.75) is 18.8 Å².